The number of carbonyl (C=O) groups is 1. The van der Waals surface area contributed by atoms with E-state index in [1.807, 2.05) is 91.0 Å². The summed E-state index contributed by atoms with van der Waals surface area (Å²) in [5, 5.41) is 4.33. The van der Waals surface area contributed by atoms with Crippen LogP contribution in [0.25, 0.3) is 21.9 Å². The Labute approximate surface area is 261 Å². The highest BCUT2D eigenvalue weighted by molar-refractivity contribution is 6.00. The third kappa shape index (κ3) is 5.62. The van der Waals surface area contributed by atoms with Gasteiger partial charge in [0.25, 0.3) is 0 Å². The number of ether oxygens (including phenoxy) is 2. The molecule has 11 heteroatoms. The van der Waals surface area contributed by atoms with Gasteiger partial charge in [0.2, 0.25) is 5.91 Å². The van der Waals surface area contributed by atoms with Gasteiger partial charge >= 0.3 is 0 Å². The molecule has 0 saturated carbocycles. The Morgan fingerprint density at radius 2 is 1.98 bits per heavy atom. The predicted molar refractivity (Wildman–Crippen MR) is 176 cm³/mol. The molecule has 2 aromatic heterocycles. The van der Waals surface area contributed by atoms with Crippen LogP contribution in [0.15, 0.2) is 73.3 Å². The second kappa shape index (κ2) is 11.7. The maximum atomic E-state index is 12.8. The summed E-state index contributed by atoms with van der Waals surface area (Å²) in [5.74, 6) is 2.98. The van der Waals surface area contributed by atoms with Crippen LogP contribution in [0.1, 0.15) is 5.56 Å². The molecule has 0 unspecified atom stereocenters. The molecule has 0 bridgehead atoms. The average Bonchev–Trinajstić information content (AvgIpc) is 3.41. The van der Waals surface area contributed by atoms with E-state index in [1.54, 1.807) is 18.7 Å². The minimum Gasteiger partial charge on any atom is -0.488 e. The van der Waals surface area contributed by atoms with E-state index < -0.39 is 0 Å². The maximum absolute atomic E-state index is 12.8. The lowest BCUT2D eigenvalue weighted by Gasteiger charge is -2.45. The zero-order valence-electron chi connectivity index (χ0n) is 25.9. The van der Waals surface area contributed by atoms with Crippen molar-refractivity contribution in [3.8, 4) is 17.2 Å². The Bertz CT molecular complexity index is 1930. The van der Waals surface area contributed by atoms with Crippen molar-refractivity contribution in [2.75, 3.05) is 57.1 Å². The van der Waals surface area contributed by atoms with Crippen LogP contribution in [0.5, 0.6) is 17.2 Å². The lowest BCUT2D eigenvalue weighted by Crippen LogP contribution is -2.58. The normalized spacial score (nSPS) is 16.2. The first kappa shape index (κ1) is 28.6. The molecule has 2 aliphatic heterocycles. The lowest BCUT2D eigenvalue weighted by molar-refractivity contribution is -0.127. The highest BCUT2D eigenvalue weighted by Gasteiger charge is 2.35. The molecule has 7 rings (SSSR count). The summed E-state index contributed by atoms with van der Waals surface area (Å²) in [4.78, 5) is 32.7. The summed E-state index contributed by atoms with van der Waals surface area (Å²) in [6, 6.07) is 16.0. The van der Waals surface area contributed by atoms with Crippen molar-refractivity contribution in [3.05, 3.63) is 78.9 Å². The van der Waals surface area contributed by atoms with Crippen molar-refractivity contribution in [1.82, 2.24) is 29.3 Å². The molecule has 1 atom stereocenters. The molecule has 5 aromatic rings. The Hall–Kier alpha value is -5.16. The maximum Gasteiger partial charge on any atom is 0.246 e. The fraction of sp³-hybridized carbons (Fsp3) is 0.294. The number of imidazole rings is 1. The van der Waals surface area contributed by atoms with Crippen molar-refractivity contribution < 1.29 is 14.3 Å². The van der Waals surface area contributed by atoms with Crippen LogP contribution in [0.4, 0.5) is 17.2 Å². The third-order valence-electron chi connectivity index (χ3n) is 8.35. The third-order valence-corrected chi connectivity index (χ3v) is 8.35. The number of likely N-dealkylation sites (N-methyl/N-ethyl adjacent to an activating group) is 1. The molecule has 3 aromatic carbocycles. The fourth-order valence-corrected chi connectivity index (χ4v) is 6.03. The zero-order valence-corrected chi connectivity index (χ0v) is 25.9. The minimum absolute atomic E-state index is 0.0432. The number of hydrogen-bond acceptors (Lipinski definition) is 9. The number of hydrogen-bond donors (Lipinski definition) is 1. The molecule has 0 aliphatic carbocycles. The van der Waals surface area contributed by atoms with Gasteiger partial charge in [-0.3, -0.25) is 4.79 Å². The molecular weight excluding hydrogens is 568 g/mol. The Kier molecular flexibility index (Phi) is 7.46. The molecule has 230 valence electrons. The van der Waals surface area contributed by atoms with Gasteiger partial charge in [-0.1, -0.05) is 6.08 Å². The average molecular weight is 605 g/mol. The van der Waals surface area contributed by atoms with Crippen molar-refractivity contribution in [3.63, 3.8) is 0 Å². The SMILES string of the molecule is Cc1cc(Nc2ncnc3ccc4c(c23)OC[C@H]2CN(C(=O)/C=C/CN(C)C)CCN42)ccc1Oc1ccc2c(c1)ncn2C. The van der Waals surface area contributed by atoms with Gasteiger partial charge < -0.3 is 34.1 Å². The van der Waals surface area contributed by atoms with Crippen LogP contribution in [-0.2, 0) is 11.8 Å². The van der Waals surface area contributed by atoms with Crippen LogP contribution in [0, 0.1) is 6.92 Å². The van der Waals surface area contributed by atoms with Crippen molar-refractivity contribution in [2.24, 2.45) is 7.05 Å². The van der Waals surface area contributed by atoms with Crippen LogP contribution >= 0.6 is 0 Å². The zero-order chi connectivity index (χ0) is 31.1. The number of carbonyl (C=O) groups excluding carboxylic acids is 1. The van der Waals surface area contributed by atoms with E-state index in [2.05, 4.69) is 31.2 Å². The Morgan fingerprint density at radius 3 is 2.82 bits per heavy atom. The van der Waals surface area contributed by atoms with Gasteiger partial charge in [0, 0.05) is 51.1 Å². The molecule has 0 radical (unpaired) electrons. The molecule has 2 aliphatic rings. The number of fused-ring (bicyclic) bond motifs is 6. The number of aromatic nitrogens is 4. The van der Waals surface area contributed by atoms with Crippen LogP contribution in [-0.4, -0.2) is 88.1 Å². The molecular formula is C34H36N8O3. The van der Waals surface area contributed by atoms with E-state index in [0.717, 1.165) is 69.2 Å². The van der Waals surface area contributed by atoms with E-state index in [-0.39, 0.29) is 11.9 Å². The molecule has 11 nitrogen and oxygen atoms in total. The molecule has 4 heterocycles. The minimum atomic E-state index is 0.0432. The molecule has 1 amide bonds. The number of anilines is 3. The summed E-state index contributed by atoms with van der Waals surface area (Å²) in [6.45, 7) is 5.22. The van der Waals surface area contributed by atoms with Crippen LogP contribution in [0.3, 0.4) is 0 Å². The Morgan fingerprint density at radius 1 is 1.09 bits per heavy atom. The smallest absolute Gasteiger partial charge is 0.246 e. The molecule has 1 saturated heterocycles. The molecule has 1 fully saturated rings. The van der Waals surface area contributed by atoms with Gasteiger partial charge in [0.05, 0.1) is 40.0 Å². The van der Waals surface area contributed by atoms with E-state index >= 15 is 0 Å². The summed E-state index contributed by atoms with van der Waals surface area (Å²) in [6.07, 6.45) is 6.95. The van der Waals surface area contributed by atoms with Gasteiger partial charge in [-0.2, -0.15) is 0 Å². The second-order valence-corrected chi connectivity index (χ2v) is 11.9. The van der Waals surface area contributed by atoms with Gasteiger partial charge in [-0.05, 0) is 69.0 Å². The summed E-state index contributed by atoms with van der Waals surface area (Å²) < 4.78 is 14.6. The van der Waals surface area contributed by atoms with Gasteiger partial charge in [0.1, 0.15) is 30.3 Å². The first-order valence-corrected chi connectivity index (χ1v) is 15.1. The first-order valence-electron chi connectivity index (χ1n) is 15.1. The number of nitrogens with zero attached hydrogens (tertiary/aromatic N) is 7. The number of rotatable bonds is 7. The highest BCUT2D eigenvalue weighted by Crippen LogP contribution is 2.43. The highest BCUT2D eigenvalue weighted by atomic mass is 16.5. The van der Waals surface area contributed by atoms with Crippen molar-refractivity contribution in [1.29, 1.82) is 0 Å². The number of piperazine rings is 1. The number of nitrogens with one attached hydrogen (secondary N) is 1. The summed E-state index contributed by atoms with van der Waals surface area (Å²) in [7, 11) is 5.94. The Balaban J connectivity index is 1.10. The quantitative estimate of drug-likeness (QED) is 0.260. The second-order valence-electron chi connectivity index (χ2n) is 11.9. The van der Waals surface area contributed by atoms with Crippen molar-refractivity contribution in [2.45, 2.75) is 13.0 Å². The van der Waals surface area contributed by atoms with Gasteiger partial charge in [0.15, 0.2) is 5.75 Å². The predicted octanol–water partition coefficient (Wildman–Crippen LogP) is 4.89. The van der Waals surface area contributed by atoms with Gasteiger partial charge in [-0.25, -0.2) is 15.0 Å². The van der Waals surface area contributed by atoms with E-state index in [0.29, 0.717) is 25.5 Å². The van der Waals surface area contributed by atoms with Crippen LogP contribution < -0.4 is 19.7 Å². The number of benzene rings is 3. The van der Waals surface area contributed by atoms with Gasteiger partial charge in [-0.15, -0.1) is 0 Å². The van der Waals surface area contributed by atoms with Crippen LogP contribution in [0.2, 0.25) is 0 Å². The fourth-order valence-electron chi connectivity index (χ4n) is 6.03. The number of amides is 1. The first-order chi connectivity index (χ1) is 21.8. The largest absolute Gasteiger partial charge is 0.488 e. The summed E-state index contributed by atoms with van der Waals surface area (Å²) in [5.41, 5.74) is 5.59. The molecule has 1 N–H and O–H groups in total. The van der Waals surface area contributed by atoms with E-state index in [4.69, 9.17) is 9.47 Å². The standard InChI is InChI=1S/C34H36N8O3/c1-22-16-23(7-12-30(22)45-25-8-10-28-27(17-25)37-21-40(28)4)38-34-32-26(35-20-36-34)9-11-29-33(32)44-19-24-18-41(14-15-42(24)29)31(43)6-5-13-39(2)3/h5-12,16-17,20-21,24H,13-15,18-19H2,1-4H3,(H,35,36,38)/b6-5+/t24-/m1/s1. The number of aryl methyl sites for hydroxylation is 2. The molecule has 45 heavy (non-hydrogen) atoms. The van der Waals surface area contributed by atoms with Crippen molar-refractivity contribution >= 4 is 45.0 Å². The topological polar surface area (TPSA) is 101 Å². The lowest BCUT2D eigenvalue weighted by atomic mass is 10.1. The monoisotopic (exact) mass is 604 g/mol. The molecule has 0 spiro atoms. The summed E-state index contributed by atoms with van der Waals surface area (Å²) >= 11 is 0. The van der Waals surface area contributed by atoms with E-state index in [9.17, 15) is 4.79 Å². The van der Waals surface area contributed by atoms with E-state index in [1.165, 1.54) is 0 Å².